The quantitative estimate of drug-likeness (QED) is 0.328. The molecule has 2 heterocycles. The molecule has 2 saturated heterocycles. The van der Waals surface area contributed by atoms with Crippen LogP contribution >= 0.6 is 0 Å². The van der Waals surface area contributed by atoms with Crippen molar-refractivity contribution in [1.29, 1.82) is 0 Å². The van der Waals surface area contributed by atoms with E-state index in [0.717, 1.165) is 29.7 Å². The molecule has 6 rings (SSSR count). The van der Waals surface area contributed by atoms with E-state index in [1.165, 1.54) is 6.07 Å². The van der Waals surface area contributed by atoms with E-state index in [4.69, 9.17) is 9.47 Å². The number of nitrogens with one attached hydrogen (secondary N) is 1. The van der Waals surface area contributed by atoms with Gasteiger partial charge in [-0.15, -0.1) is 0 Å². The third-order valence-corrected chi connectivity index (χ3v) is 7.86. The summed E-state index contributed by atoms with van der Waals surface area (Å²) in [5, 5.41) is 3.59. The molecule has 4 aromatic carbocycles. The number of halogens is 1. The summed E-state index contributed by atoms with van der Waals surface area (Å²) in [6.07, 6.45) is 0.757. The maximum absolute atomic E-state index is 14.9. The Kier molecular flexibility index (Phi) is 6.18. The van der Waals surface area contributed by atoms with Crippen LogP contribution in [0.4, 0.5) is 4.39 Å². The first-order valence-corrected chi connectivity index (χ1v) is 12.7. The van der Waals surface area contributed by atoms with E-state index in [1.54, 1.807) is 6.07 Å². The minimum atomic E-state index is -0.803. The molecular weight excluding hydrogens is 449 g/mol. The standard InChI is InChI=1S/C32H30FNO2/c33-29-19-11-10-18-27(29)31-23-35-30(28(31)20-21-34-31)22-36-32(24-12-4-1-5-13-24,25-14-6-2-7-15-25)26-16-8-3-9-17-26/h1-19,28,30,34H,20-23H2. The minimum Gasteiger partial charge on any atom is -0.373 e. The maximum Gasteiger partial charge on any atom is 0.143 e. The van der Waals surface area contributed by atoms with Gasteiger partial charge in [-0.1, -0.05) is 109 Å². The van der Waals surface area contributed by atoms with E-state index in [2.05, 4.69) is 78.1 Å². The van der Waals surface area contributed by atoms with Crippen LogP contribution in [0.3, 0.4) is 0 Å². The highest BCUT2D eigenvalue weighted by Crippen LogP contribution is 2.47. The first-order chi connectivity index (χ1) is 17.7. The van der Waals surface area contributed by atoms with Gasteiger partial charge in [-0.3, -0.25) is 0 Å². The van der Waals surface area contributed by atoms with Gasteiger partial charge in [0.25, 0.3) is 0 Å². The van der Waals surface area contributed by atoms with E-state index >= 15 is 0 Å². The Labute approximate surface area is 211 Å². The van der Waals surface area contributed by atoms with E-state index in [1.807, 2.05) is 30.3 Å². The van der Waals surface area contributed by atoms with Crippen molar-refractivity contribution in [2.24, 2.45) is 5.92 Å². The second kappa shape index (κ2) is 9.62. The van der Waals surface area contributed by atoms with Gasteiger partial charge in [0.15, 0.2) is 0 Å². The molecular formula is C32H30FNO2. The molecule has 4 heteroatoms. The highest BCUT2D eigenvalue weighted by Gasteiger charge is 2.55. The van der Waals surface area contributed by atoms with Crippen LogP contribution in [-0.2, 0) is 20.6 Å². The van der Waals surface area contributed by atoms with Crippen LogP contribution < -0.4 is 5.32 Å². The predicted molar refractivity (Wildman–Crippen MR) is 139 cm³/mol. The van der Waals surface area contributed by atoms with Crippen molar-refractivity contribution >= 4 is 0 Å². The Balaban J connectivity index is 1.39. The Morgan fingerprint density at radius 3 is 1.86 bits per heavy atom. The summed E-state index contributed by atoms with van der Waals surface area (Å²) in [7, 11) is 0. The van der Waals surface area contributed by atoms with Gasteiger partial charge >= 0.3 is 0 Å². The van der Waals surface area contributed by atoms with Crippen molar-refractivity contribution in [3.05, 3.63) is 143 Å². The van der Waals surface area contributed by atoms with Gasteiger partial charge in [-0.05, 0) is 35.7 Å². The summed E-state index contributed by atoms with van der Waals surface area (Å²) in [5.74, 6) is -0.0660. The van der Waals surface area contributed by atoms with Crippen LogP contribution in [0.1, 0.15) is 28.7 Å². The van der Waals surface area contributed by atoms with Crippen molar-refractivity contribution in [2.45, 2.75) is 23.7 Å². The van der Waals surface area contributed by atoms with Crippen molar-refractivity contribution in [3.8, 4) is 0 Å². The van der Waals surface area contributed by atoms with E-state index in [0.29, 0.717) is 18.8 Å². The summed E-state index contributed by atoms with van der Waals surface area (Å²) in [4.78, 5) is 0. The van der Waals surface area contributed by atoms with E-state index in [9.17, 15) is 4.39 Å². The largest absolute Gasteiger partial charge is 0.373 e. The molecule has 2 aliphatic rings. The van der Waals surface area contributed by atoms with Crippen LogP contribution in [0.5, 0.6) is 0 Å². The lowest BCUT2D eigenvalue weighted by Gasteiger charge is -2.37. The predicted octanol–water partition coefficient (Wildman–Crippen LogP) is 6.04. The molecule has 182 valence electrons. The normalized spacial score (nSPS) is 23.5. The molecule has 2 aliphatic heterocycles. The zero-order valence-corrected chi connectivity index (χ0v) is 20.1. The Morgan fingerprint density at radius 1 is 0.778 bits per heavy atom. The lowest BCUT2D eigenvalue weighted by molar-refractivity contribution is -0.0559. The van der Waals surface area contributed by atoms with Crippen molar-refractivity contribution in [1.82, 2.24) is 5.32 Å². The van der Waals surface area contributed by atoms with Gasteiger partial charge in [0.1, 0.15) is 11.4 Å². The number of hydrogen-bond donors (Lipinski definition) is 1. The summed E-state index contributed by atoms with van der Waals surface area (Å²) in [6.45, 7) is 1.66. The Bertz CT molecular complexity index is 1200. The topological polar surface area (TPSA) is 30.5 Å². The molecule has 0 radical (unpaired) electrons. The van der Waals surface area contributed by atoms with Gasteiger partial charge in [0, 0.05) is 11.5 Å². The molecule has 0 amide bonds. The smallest absolute Gasteiger partial charge is 0.143 e. The molecule has 0 aromatic heterocycles. The third kappa shape index (κ3) is 3.77. The van der Waals surface area contributed by atoms with Gasteiger partial charge in [0.2, 0.25) is 0 Å². The summed E-state index contributed by atoms with van der Waals surface area (Å²) < 4.78 is 28.3. The van der Waals surface area contributed by atoms with Crippen molar-refractivity contribution < 1.29 is 13.9 Å². The second-order valence-electron chi connectivity index (χ2n) is 9.71. The molecule has 1 N–H and O–H groups in total. The molecule has 0 aliphatic carbocycles. The molecule has 36 heavy (non-hydrogen) atoms. The molecule has 0 bridgehead atoms. The monoisotopic (exact) mass is 479 g/mol. The number of ether oxygens (including phenoxy) is 2. The summed E-state index contributed by atoms with van der Waals surface area (Å²) in [5.41, 5.74) is 2.55. The van der Waals surface area contributed by atoms with E-state index in [-0.39, 0.29) is 17.8 Å². The first kappa shape index (κ1) is 23.1. The van der Waals surface area contributed by atoms with Crippen molar-refractivity contribution in [3.63, 3.8) is 0 Å². The van der Waals surface area contributed by atoms with Crippen LogP contribution in [0.15, 0.2) is 115 Å². The lowest BCUT2D eigenvalue weighted by Crippen LogP contribution is -2.44. The van der Waals surface area contributed by atoms with Crippen LogP contribution in [0, 0.1) is 11.7 Å². The lowest BCUT2D eigenvalue weighted by atomic mass is 9.78. The summed E-state index contributed by atoms with van der Waals surface area (Å²) >= 11 is 0. The fraction of sp³-hybridized carbons (Fsp3) is 0.250. The molecule has 0 spiro atoms. The zero-order chi connectivity index (χ0) is 24.4. The minimum absolute atomic E-state index is 0.120. The fourth-order valence-corrected chi connectivity index (χ4v) is 6.18. The van der Waals surface area contributed by atoms with Gasteiger partial charge in [0.05, 0.1) is 24.9 Å². The maximum atomic E-state index is 14.9. The van der Waals surface area contributed by atoms with Gasteiger partial charge in [-0.2, -0.15) is 0 Å². The fourth-order valence-electron chi connectivity index (χ4n) is 6.18. The Morgan fingerprint density at radius 2 is 1.31 bits per heavy atom. The van der Waals surface area contributed by atoms with Gasteiger partial charge < -0.3 is 14.8 Å². The number of benzene rings is 4. The molecule has 3 atom stereocenters. The Hall–Kier alpha value is -3.31. The van der Waals surface area contributed by atoms with Crippen LogP contribution in [0.25, 0.3) is 0 Å². The zero-order valence-electron chi connectivity index (χ0n) is 20.1. The molecule has 4 aromatic rings. The van der Waals surface area contributed by atoms with Crippen LogP contribution in [0.2, 0.25) is 0 Å². The molecule has 3 nitrogen and oxygen atoms in total. The molecule has 2 fully saturated rings. The number of hydrogen-bond acceptors (Lipinski definition) is 3. The molecule has 3 unspecified atom stereocenters. The van der Waals surface area contributed by atoms with E-state index < -0.39 is 11.1 Å². The highest BCUT2D eigenvalue weighted by atomic mass is 19.1. The van der Waals surface area contributed by atoms with Gasteiger partial charge in [-0.25, -0.2) is 4.39 Å². The first-order valence-electron chi connectivity index (χ1n) is 12.7. The molecule has 0 saturated carbocycles. The SMILES string of the molecule is Fc1ccccc1C12COC(COC(c3ccccc3)(c3ccccc3)c3ccccc3)C1CCN2. The average Bonchev–Trinajstić information content (AvgIpc) is 3.52. The van der Waals surface area contributed by atoms with Crippen LogP contribution in [-0.4, -0.2) is 25.9 Å². The summed E-state index contributed by atoms with van der Waals surface area (Å²) in [6, 6.07) is 38.2. The third-order valence-electron chi connectivity index (χ3n) is 7.86. The number of fused-ring (bicyclic) bond motifs is 1. The number of rotatable bonds is 7. The average molecular weight is 480 g/mol. The highest BCUT2D eigenvalue weighted by molar-refractivity contribution is 5.47. The second-order valence-corrected chi connectivity index (χ2v) is 9.71. The van der Waals surface area contributed by atoms with Crippen molar-refractivity contribution in [2.75, 3.05) is 19.8 Å².